The number of nitrogens with zero attached hydrogens (tertiary/aromatic N) is 3. The number of aryl methyl sites for hydroxylation is 1. The number of hydrogen-bond donors (Lipinski definition) is 0. The second-order valence-corrected chi connectivity index (χ2v) is 9.27. The van der Waals surface area contributed by atoms with Gasteiger partial charge in [0.2, 0.25) is 0 Å². The van der Waals surface area contributed by atoms with Gasteiger partial charge in [0.05, 0.1) is 6.61 Å². The van der Waals surface area contributed by atoms with Crippen molar-refractivity contribution in [2.24, 2.45) is 0 Å². The number of aromatic nitrogens is 1. The van der Waals surface area contributed by atoms with E-state index in [4.69, 9.17) is 9.47 Å². The van der Waals surface area contributed by atoms with Crippen LogP contribution in [0.4, 0.5) is 0 Å². The molecule has 3 aromatic rings. The van der Waals surface area contributed by atoms with Crippen LogP contribution in [0.3, 0.4) is 0 Å². The third kappa shape index (κ3) is 5.31. The summed E-state index contributed by atoms with van der Waals surface area (Å²) >= 11 is 1.70. The Morgan fingerprint density at radius 1 is 1.20 bits per heavy atom. The number of carbonyl (C=O) groups is 2. The number of fused-ring (bicyclic) bond motifs is 1. The van der Waals surface area contributed by atoms with E-state index in [0.29, 0.717) is 19.7 Å². The van der Waals surface area contributed by atoms with Crippen LogP contribution in [0.2, 0.25) is 0 Å². The van der Waals surface area contributed by atoms with Crippen molar-refractivity contribution in [2.45, 2.75) is 33.7 Å². The van der Waals surface area contributed by atoms with Crippen LogP contribution in [0, 0.1) is 25.2 Å². The minimum absolute atomic E-state index is 0.150. The third-order valence-corrected chi connectivity index (χ3v) is 7.03. The summed E-state index contributed by atoms with van der Waals surface area (Å²) in [6.45, 7) is 7.16. The van der Waals surface area contributed by atoms with Crippen LogP contribution >= 0.6 is 11.3 Å². The van der Waals surface area contributed by atoms with Crippen LogP contribution in [-0.2, 0) is 27.3 Å². The van der Waals surface area contributed by atoms with Crippen molar-refractivity contribution in [2.75, 3.05) is 19.8 Å². The standard InChI is InChI=1S/C27H27N3O4S/c1-4-33-24-7-5-23(6-8-24)30-18(2)13-21(19(30)3)14-22(15-28)27(32)34-17-26(31)29-11-9-25-20(16-29)10-12-35-25/h5-8,10,12-14H,4,9,11,16-17H2,1-3H3/b22-14+. The molecule has 0 saturated carbocycles. The molecular weight excluding hydrogens is 462 g/mol. The molecule has 0 spiro atoms. The van der Waals surface area contributed by atoms with Crippen molar-refractivity contribution in [1.82, 2.24) is 9.47 Å². The topological polar surface area (TPSA) is 84.6 Å². The van der Waals surface area contributed by atoms with E-state index in [1.807, 2.05) is 73.2 Å². The third-order valence-electron chi connectivity index (χ3n) is 6.00. The maximum Gasteiger partial charge on any atom is 0.349 e. The molecule has 1 aliphatic heterocycles. The van der Waals surface area contributed by atoms with Gasteiger partial charge in [0.1, 0.15) is 17.4 Å². The molecule has 7 nitrogen and oxygen atoms in total. The molecule has 2 aromatic heterocycles. The summed E-state index contributed by atoms with van der Waals surface area (Å²) in [6, 6.07) is 13.6. The average molecular weight is 490 g/mol. The van der Waals surface area contributed by atoms with Crippen LogP contribution < -0.4 is 4.74 Å². The summed E-state index contributed by atoms with van der Waals surface area (Å²) in [6.07, 6.45) is 2.32. The quantitative estimate of drug-likeness (QED) is 0.275. The summed E-state index contributed by atoms with van der Waals surface area (Å²) in [4.78, 5) is 28.1. The summed E-state index contributed by atoms with van der Waals surface area (Å²) < 4.78 is 12.8. The van der Waals surface area contributed by atoms with Crippen LogP contribution in [-0.4, -0.2) is 41.1 Å². The Morgan fingerprint density at radius 2 is 1.97 bits per heavy atom. The van der Waals surface area contributed by atoms with Crippen LogP contribution in [0.25, 0.3) is 11.8 Å². The fraction of sp³-hybridized carbons (Fsp3) is 0.296. The van der Waals surface area contributed by atoms with E-state index in [1.54, 1.807) is 16.2 Å². The van der Waals surface area contributed by atoms with Gasteiger partial charge >= 0.3 is 5.97 Å². The Balaban J connectivity index is 1.44. The van der Waals surface area contributed by atoms with E-state index in [0.717, 1.165) is 40.4 Å². The Kier molecular flexibility index (Phi) is 7.37. The van der Waals surface area contributed by atoms with Gasteiger partial charge in [0.25, 0.3) is 5.91 Å². The van der Waals surface area contributed by atoms with Crippen molar-refractivity contribution in [1.29, 1.82) is 5.26 Å². The average Bonchev–Trinajstić information content (AvgIpc) is 3.44. The lowest BCUT2D eigenvalue weighted by molar-refractivity contribution is -0.149. The Morgan fingerprint density at radius 3 is 2.69 bits per heavy atom. The molecule has 0 radical (unpaired) electrons. The predicted octanol–water partition coefficient (Wildman–Crippen LogP) is 4.59. The number of esters is 1. The first kappa shape index (κ1) is 24.3. The van der Waals surface area contributed by atoms with Crippen molar-refractivity contribution in [3.63, 3.8) is 0 Å². The van der Waals surface area contributed by atoms with Gasteiger partial charge in [-0.3, -0.25) is 4.79 Å². The maximum atomic E-state index is 12.6. The van der Waals surface area contributed by atoms with Crippen LogP contribution in [0.5, 0.6) is 5.75 Å². The molecule has 3 heterocycles. The lowest BCUT2D eigenvalue weighted by Crippen LogP contribution is -2.38. The van der Waals surface area contributed by atoms with Crippen molar-refractivity contribution in [3.05, 3.63) is 74.7 Å². The van der Waals surface area contributed by atoms with Crippen LogP contribution in [0.15, 0.2) is 47.4 Å². The molecule has 4 rings (SSSR count). The number of thiophene rings is 1. The van der Waals surface area contributed by atoms with E-state index in [-0.39, 0.29) is 18.1 Å². The Hall–Kier alpha value is -3.83. The normalized spacial score (nSPS) is 13.2. The van der Waals surface area contributed by atoms with Gasteiger partial charge < -0.3 is 18.9 Å². The summed E-state index contributed by atoms with van der Waals surface area (Å²) in [5.74, 6) is -0.274. The predicted molar refractivity (Wildman–Crippen MR) is 134 cm³/mol. The van der Waals surface area contributed by atoms with E-state index in [2.05, 4.69) is 0 Å². The van der Waals surface area contributed by atoms with Gasteiger partial charge in [-0.2, -0.15) is 5.26 Å². The molecule has 0 N–H and O–H groups in total. The number of nitriles is 1. The van der Waals surface area contributed by atoms with Crippen molar-refractivity contribution < 1.29 is 19.1 Å². The zero-order valence-electron chi connectivity index (χ0n) is 20.0. The van der Waals surface area contributed by atoms with Gasteiger partial charge in [0.15, 0.2) is 6.61 Å². The number of amides is 1. The molecule has 1 aromatic carbocycles. The van der Waals surface area contributed by atoms with Crippen molar-refractivity contribution >= 4 is 29.3 Å². The molecule has 0 unspecified atom stereocenters. The highest BCUT2D eigenvalue weighted by Crippen LogP contribution is 2.25. The highest BCUT2D eigenvalue weighted by atomic mass is 32.1. The highest BCUT2D eigenvalue weighted by molar-refractivity contribution is 7.10. The lowest BCUT2D eigenvalue weighted by Gasteiger charge is -2.26. The molecule has 1 aliphatic rings. The zero-order valence-corrected chi connectivity index (χ0v) is 20.9. The smallest absolute Gasteiger partial charge is 0.349 e. The minimum Gasteiger partial charge on any atom is -0.494 e. The monoisotopic (exact) mass is 489 g/mol. The minimum atomic E-state index is -0.806. The largest absolute Gasteiger partial charge is 0.494 e. The molecule has 0 saturated heterocycles. The molecule has 8 heteroatoms. The summed E-state index contributed by atoms with van der Waals surface area (Å²) in [5.41, 5.74) is 4.51. The molecule has 0 aliphatic carbocycles. The first-order valence-corrected chi connectivity index (χ1v) is 12.3. The van der Waals surface area contributed by atoms with E-state index < -0.39 is 5.97 Å². The second-order valence-electron chi connectivity index (χ2n) is 8.27. The number of rotatable bonds is 7. The van der Waals surface area contributed by atoms with Gasteiger partial charge in [-0.15, -0.1) is 11.3 Å². The molecule has 0 fully saturated rings. The summed E-state index contributed by atoms with van der Waals surface area (Å²) in [7, 11) is 0. The lowest BCUT2D eigenvalue weighted by atomic mass is 10.1. The maximum absolute atomic E-state index is 12.6. The first-order chi connectivity index (χ1) is 16.9. The second kappa shape index (κ2) is 10.6. The molecular formula is C27H27N3O4S. The molecule has 0 bridgehead atoms. The SMILES string of the molecule is CCOc1ccc(-n2c(C)cc(/C=C(\C#N)C(=O)OCC(=O)N3CCc4sccc4C3)c2C)cc1. The van der Waals surface area contributed by atoms with Gasteiger partial charge in [-0.1, -0.05) is 0 Å². The fourth-order valence-corrected chi connectivity index (χ4v) is 5.13. The van der Waals surface area contributed by atoms with E-state index in [9.17, 15) is 14.9 Å². The van der Waals surface area contributed by atoms with Gasteiger partial charge in [-0.25, -0.2) is 4.79 Å². The highest BCUT2D eigenvalue weighted by Gasteiger charge is 2.23. The molecule has 0 atom stereocenters. The number of ether oxygens (including phenoxy) is 2. The first-order valence-electron chi connectivity index (χ1n) is 11.5. The van der Waals surface area contributed by atoms with Crippen LogP contribution in [0.1, 0.15) is 34.3 Å². The molecule has 35 heavy (non-hydrogen) atoms. The Bertz CT molecular complexity index is 1310. The van der Waals surface area contributed by atoms with Crippen molar-refractivity contribution in [3.8, 4) is 17.5 Å². The summed E-state index contributed by atoms with van der Waals surface area (Å²) in [5, 5.41) is 11.6. The number of carbonyl (C=O) groups excluding carboxylic acids is 2. The number of benzene rings is 1. The van der Waals surface area contributed by atoms with Gasteiger partial charge in [0, 0.05) is 35.0 Å². The fourth-order valence-electron chi connectivity index (χ4n) is 4.24. The molecule has 180 valence electrons. The number of hydrogen-bond acceptors (Lipinski definition) is 6. The van der Waals surface area contributed by atoms with E-state index >= 15 is 0 Å². The Labute approximate surface area is 208 Å². The molecule has 1 amide bonds. The zero-order chi connectivity index (χ0) is 24.9. The van der Waals surface area contributed by atoms with Gasteiger partial charge in [-0.05, 0) is 86.2 Å². The van der Waals surface area contributed by atoms with E-state index in [1.165, 1.54) is 11.0 Å².